The van der Waals surface area contributed by atoms with Gasteiger partial charge in [-0.25, -0.2) is 4.39 Å². The number of alkyl halides is 1. The number of likely N-dealkylation sites (tertiary alicyclic amines) is 1. The molecule has 0 unspecified atom stereocenters. The molecule has 0 spiro atoms. The molecule has 0 radical (unpaired) electrons. The summed E-state index contributed by atoms with van der Waals surface area (Å²) in [7, 11) is 1.59. The topological polar surface area (TPSA) is 75.5 Å². The van der Waals surface area contributed by atoms with E-state index < -0.39 is 18.1 Å². The van der Waals surface area contributed by atoms with E-state index in [4.69, 9.17) is 4.74 Å². The minimum Gasteiger partial charge on any atom is -0.497 e. The zero-order valence-corrected chi connectivity index (χ0v) is 20.8. The Morgan fingerprint density at radius 2 is 2.20 bits per heavy atom. The fourth-order valence-electron chi connectivity index (χ4n) is 4.87. The molecule has 0 amide bonds. The maximum absolute atomic E-state index is 15.4. The number of ether oxygens (including phenoxy) is 1. The van der Waals surface area contributed by atoms with Gasteiger partial charge in [0.15, 0.2) is 0 Å². The monoisotopic (exact) mass is 497 g/mol. The highest BCUT2D eigenvalue weighted by molar-refractivity contribution is 7.99. The van der Waals surface area contributed by atoms with Crippen LogP contribution in [-0.2, 0) is 4.79 Å². The zero-order valence-electron chi connectivity index (χ0n) is 20.0. The third-order valence-electron chi connectivity index (χ3n) is 6.79. The maximum Gasteiger partial charge on any atom is 0.308 e. The first-order valence-corrected chi connectivity index (χ1v) is 13.1. The highest BCUT2D eigenvalue weighted by atomic mass is 32.2. The minimum atomic E-state index is -1.18. The molecule has 6 nitrogen and oxygen atoms in total. The molecule has 1 aromatic carbocycles. The summed E-state index contributed by atoms with van der Waals surface area (Å²) in [5.74, 6) is 0.373. The van der Waals surface area contributed by atoms with Gasteiger partial charge in [-0.2, -0.15) is 0 Å². The van der Waals surface area contributed by atoms with E-state index in [1.54, 1.807) is 37.3 Å². The Balaban J connectivity index is 1.30. The van der Waals surface area contributed by atoms with Crippen LogP contribution in [0.5, 0.6) is 5.75 Å². The Kier molecular flexibility index (Phi) is 8.93. The number of fused-ring (bicyclic) bond motifs is 1. The number of piperidine rings is 1. The van der Waals surface area contributed by atoms with Crippen LogP contribution in [0.4, 0.5) is 4.39 Å². The predicted octanol–water partition coefficient (Wildman–Crippen LogP) is 5.63. The number of rotatable bonds is 11. The van der Waals surface area contributed by atoms with Crippen molar-refractivity contribution in [1.29, 1.82) is 0 Å². The molecule has 0 bridgehead atoms. The fourth-order valence-corrected chi connectivity index (χ4v) is 5.69. The molecule has 1 saturated heterocycles. The molecule has 35 heavy (non-hydrogen) atoms. The Morgan fingerprint density at radius 3 is 2.97 bits per heavy atom. The third kappa shape index (κ3) is 6.70. The summed E-state index contributed by atoms with van der Waals surface area (Å²) < 4.78 is 20.7. The summed E-state index contributed by atoms with van der Waals surface area (Å²) in [5.41, 5.74) is 1.31. The molecule has 1 fully saturated rings. The van der Waals surface area contributed by atoms with Gasteiger partial charge in [-0.3, -0.25) is 14.8 Å². The average Bonchev–Trinajstić information content (AvgIpc) is 2.89. The van der Waals surface area contributed by atoms with Gasteiger partial charge in [-0.05, 0) is 92.4 Å². The lowest BCUT2D eigenvalue weighted by molar-refractivity contribution is -0.146. The number of nitrogens with zero attached hydrogens (tertiary/aromatic N) is 3. The summed E-state index contributed by atoms with van der Waals surface area (Å²) in [6.07, 6.45) is 6.70. The second-order valence-electron chi connectivity index (χ2n) is 9.01. The summed E-state index contributed by atoms with van der Waals surface area (Å²) in [6.45, 7) is 2.27. The Morgan fingerprint density at radius 1 is 1.31 bits per heavy atom. The number of hydrogen-bond acceptors (Lipinski definition) is 6. The summed E-state index contributed by atoms with van der Waals surface area (Å²) in [5, 5.41) is 10.6. The van der Waals surface area contributed by atoms with Crippen molar-refractivity contribution in [1.82, 2.24) is 14.9 Å². The number of aromatic nitrogens is 2. The van der Waals surface area contributed by atoms with Crippen LogP contribution in [0.25, 0.3) is 10.9 Å². The van der Waals surface area contributed by atoms with Crippen LogP contribution in [0.2, 0.25) is 0 Å². The first kappa shape index (κ1) is 25.4. The molecule has 1 aliphatic rings. The standard InChI is InChI=1S/C27H32FN3O3S/c1-34-20-6-8-26-23(16-20)22(9-12-30-26)25(28)7-5-19-10-14-31(18-24(19)27(32)33)13-3-15-35-21-4-2-11-29-17-21/h2,4,6,8-9,11-12,16-17,19,24-25H,3,5,7,10,13-15,18H2,1H3,(H,32,33)/t19-,24+,25-/m1/s1. The minimum absolute atomic E-state index is 0.0191. The number of aliphatic carboxylic acids is 1. The summed E-state index contributed by atoms with van der Waals surface area (Å²) in [4.78, 5) is 23.9. The van der Waals surface area contributed by atoms with Gasteiger partial charge in [0.05, 0.1) is 18.5 Å². The number of halogens is 1. The molecule has 3 heterocycles. The molecule has 0 aliphatic carbocycles. The van der Waals surface area contributed by atoms with Gasteiger partial charge in [0.2, 0.25) is 0 Å². The van der Waals surface area contributed by atoms with Gasteiger partial charge in [0.25, 0.3) is 0 Å². The number of benzene rings is 1. The molecular formula is C27H32FN3O3S. The van der Waals surface area contributed by atoms with Crippen LogP contribution in [-0.4, -0.2) is 58.4 Å². The molecule has 3 aromatic rings. The Bertz CT molecular complexity index is 1120. The average molecular weight is 498 g/mol. The number of carboxylic acid groups (broad SMARTS) is 1. The largest absolute Gasteiger partial charge is 0.497 e. The first-order chi connectivity index (χ1) is 17.0. The molecule has 3 atom stereocenters. The van der Waals surface area contributed by atoms with Crippen molar-refractivity contribution >= 4 is 28.6 Å². The Hall–Kier alpha value is -2.71. The normalized spacial score (nSPS) is 19.5. The molecular weight excluding hydrogens is 465 g/mol. The number of carboxylic acids is 1. The smallest absolute Gasteiger partial charge is 0.308 e. The van der Waals surface area contributed by atoms with Crippen molar-refractivity contribution in [2.24, 2.45) is 11.8 Å². The molecule has 1 aliphatic heterocycles. The van der Waals surface area contributed by atoms with Crippen molar-refractivity contribution in [3.05, 3.63) is 60.6 Å². The van der Waals surface area contributed by atoms with Gasteiger partial charge in [-0.15, -0.1) is 11.8 Å². The lowest BCUT2D eigenvalue weighted by Crippen LogP contribution is -2.44. The van der Waals surface area contributed by atoms with Crippen molar-refractivity contribution in [2.45, 2.75) is 36.8 Å². The van der Waals surface area contributed by atoms with Crippen LogP contribution in [0.3, 0.4) is 0 Å². The predicted molar refractivity (Wildman–Crippen MR) is 137 cm³/mol. The van der Waals surface area contributed by atoms with Crippen LogP contribution < -0.4 is 4.74 Å². The van der Waals surface area contributed by atoms with Gasteiger partial charge in [0, 0.05) is 35.4 Å². The molecule has 4 rings (SSSR count). The zero-order chi connectivity index (χ0) is 24.6. The maximum atomic E-state index is 15.4. The van der Waals surface area contributed by atoms with E-state index >= 15 is 4.39 Å². The number of hydrogen-bond donors (Lipinski definition) is 1. The first-order valence-electron chi connectivity index (χ1n) is 12.1. The summed E-state index contributed by atoms with van der Waals surface area (Å²) >= 11 is 1.77. The van der Waals surface area contributed by atoms with Crippen LogP contribution in [0, 0.1) is 11.8 Å². The lowest BCUT2D eigenvalue weighted by Gasteiger charge is -2.36. The number of pyridine rings is 2. The van der Waals surface area contributed by atoms with E-state index in [1.807, 2.05) is 36.5 Å². The van der Waals surface area contributed by atoms with Crippen molar-refractivity contribution in [3.8, 4) is 5.75 Å². The van der Waals surface area contributed by atoms with E-state index in [9.17, 15) is 9.90 Å². The van der Waals surface area contributed by atoms with Crippen molar-refractivity contribution in [2.75, 3.05) is 32.5 Å². The van der Waals surface area contributed by atoms with E-state index in [1.165, 1.54) is 0 Å². The highest BCUT2D eigenvalue weighted by Crippen LogP contribution is 2.35. The van der Waals surface area contributed by atoms with Gasteiger partial charge >= 0.3 is 5.97 Å². The number of thioether (sulfide) groups is 1. The molecule has 1 N–H and O–H groups in total. The number of carbonyl (C=O) groups is 1. The summed E-state index contributed by atoms with van der Waals surface area (Å²) in [6, 6.07) is 11.2. The van der Waals surface area contributed by atoms with Gasteiger partial charge < -0.3 is 14.7 Å². The van der Waals surface area contributed by atoms with E-state index in [-0.39, 0.29) is 5.92 Å². The molecule has 0 saturated carbocycles. The lowest BCUT2D eigenvalue weighted by atomic mass is 9.81. The second-order valence-corrected chi connectivity index (χ2v) is 10.2. The van der Waals surface area contributed by atoms with E-state index in [0.29, 0.717) is 30.7 Å². The van der Waals surface area contributed by atoms with Gasteiger partial charge in [0.1, 0.15) is 11.9 Å². The molecule has 2 aromatic heterocycles. The second kappa shape index (κ2) is 12.3. The van der Waals surface area contributed by atoms with Crippen molar-refractivity contribution in [3.63, 3.8) is 0 Å². The quantitative estimate of drug-likeness (QED) is 0.272. The highest BCUT2D eigenvalue weighted by Gasteiger charge is 2.34. The molecule has 8 heteroatoms. The van der Waals surface area contributed by atoms with Crippen LogP contribution in [0.15, 0.2) is 59.9 Å². The number of methoxy groups -OCH3 is 1. The van der Waals surface area contributed by atoms with Crippen LogP contribution >= 0.6 is 11.8 Å². The van der Waals surface area contributed by atoms with E-state index in [0.717, 1.165) is 47.5 Å². The third-order valence-corrected chi connectivity index (χ3v) is 7.86. The fraction of sp³-hybridized carbons (Fsp3) is 0.444. The van der Waals surface area contributed by atoms with E-state index in [2.05, 4.69) is 14.9 Å². The van der Waals surface area contributed by atoms with Crippen molar-refractivity contribution < 1.29 is 19.0 Å². The molecule has 186 valence electrons. The SMILES string of the molecule is COc1ccc2nccc([C@H](F)CC[C@@H]3CCN(CCCSc4cccnc4)C[C@@H]3C(=O)O)c2c1. The van der Waals surface area contributed by atoms with Gasteiger partial charge in [-0.1, -0.05) is 0 Å². The van der Waals surface area contributed by atoms with Crippen LogP contribution in [0.1, 0.15) is 37.4 Å². The Labute approximate surface area is 209 Å².